The lowest BCUT2D eigenvalue weighted by molar-refractivity contribution is 0.156. The summed E-state index contributed by atoms with van der Waals surface area (Å²) in [4.78, 5) is 2.37. The molecule has 1 fully saturated rings. The molecule has 212 valence electrons. The number of aliphatic hydroxyl groups excluding tert-OH is 1. The fraction of sp³-hybridized carbons (Fsp3) is 0.382. The molecule has 5 aromatic rings. The number of epoxide rings is 1. The number of ether oxygens (including phenoxy) is 2. The number of fused-ring (bicyclic) bond motifs is 3. The van der Waals surface area contributed by atoms with Crippen LogP contribution in [0.3, 0.4) is 0 Å². The second-order valence-electron chi connectivity index (χ2n) is 11.4. The SMILES string of the molecule is CCc1c2c(nn1C)CN(C)CCCn1c(C3OC3O)c(CCCOc3cccc4ccccc34)c3cccc-2c31. The number of nitrogens with zero attached hydrogens (tertiary/aromatic N) is 4. The summed E-state index contributed by atoms with van der Waals surface area (Å²) < 4.78 is 16.6. The molecule has 0 saturated carbocycles. The van der Waals surface area contributed by atoms with Gasteiger partial charge in [-0.25, -0.2) is 0 Å². The lowest BCUT2D eigenvalue weighted by Gasteiger charge is -2.21. The molecule has 7 nitrogen and oxygen atoms in total. The van der Waals surface area contributed by atoms with Crippen molar-refractivity contribution in [3.63, 3.8) is 0 Å². The number of hydrogen-bond acceptors (Lipinski definition) is 5. The Morgan fingerprint density at radius 2 is 1.78 bits per heavy atom. The average molecular weight is 551 g/mol. The second kappa shape index (κ2) is 10.6. The molecule has 41 heavy (non-hydrogen) atoms. The fourth-order valence-corrected chi connectivity index (χ4v) is 6.86. The van der Waals surface area contributed by atoms with E-state index in [-0.39, 0.29) is 6.10 Å². The molecule has 3 aromatic carbocycles. The molecule has 2 atom stereocenters. The van der Waals surface area contributed by atoms with E-state index in [0.717, 1.165) is 67.8 Å². The van der Waals surface area contributed by atoms with E-state index >= 15 is 0 Å². The Morgan fingerprint density at radius 1 is 1.00 bits per heavy atom. The van der Waals surface area contributed by atoms with Gasteiger partial charge in [0.05, 0.1) is 23.5 Å². The first-order valence-corrected chi connectivity index (χ1v) is 14.9. The third-order valence-electron chi connectivity index (χ3n) is 8.73. The Kier molecular flexibility index (Phi) is 6.81. The van der Waals surface area contributed by atoms with Crippen LogP contribution in [0, 0.1) is 0 Å². The molecule has 0 aliphatic carbocycles. The van der Waals surface area contributed by atoms with Crippen LogP contribution in [0.2, 0.25) is 0 Å². The van der Waals surface area contributed by atoms with E-state index in [2.05, 4.69) is 95.8 Å². The van der Waals surface area contributed by atoms with Crippen molar-refractivity contribution in [2.75, 3.05) is 20.2 Å². The molecule has 0 spiro atoms. The molecule has 7 heteroatoms. The highest BCUT2D eigenvalue weighted by atomic mass is 16.7. The number of benzene rings is 3. The Labute approximate surface area is 240 Å². The van der Waals surface area contributed by atoms with Gasteiger partial charge in [0.2, 0.25) is 0 Å². The Hall–Kier alpha value is -3.65. The zero-order valence-corrected chi connectivity index (χ0v) is 24.1. The van der Waals surface area contributed by atoms with Crippen LogP contribution in [0.25, 0.3) is 32.8 Å². The van der Waals surface area contributed by atoms with Crippen molar-refractivity contribution in [2.45, 2.75) is 58.1 Å². The summed E-state index contributed by atoms with van der Waals surface area (Å²) in [5.41, 5.74) is 8.49. The maximum absolute atomic E-state index is 10.5. The van der Waals surface area contributed by atoms with E-state index in [4.69, 9.17) is 14.6 Å². The maximum atomic E-state index is 10.5. The number of hydrogen-bond donors (Lipinski definition) is 1. The quantitative estimate of drug-likeness (QED) is 0.199. The molecule has 2 unspecified atom stereocenters. The molecule has 7 rings (SSSR count). The predicted octanol–water partition coefficient (Wildman–Crippen LogP) is 5.99. The Balaban J connectivity index is 1.29. The molecule has 2 aliphatic heterocycles. The van der Waals surface area contributed by atoms with E-state index in [0.29, 0.717) is 6.61 Å². The van der Waals surface area contributed by atoms with E-state index in [1.54, 1.807) is 0 Å². The van der Waals surface area contributed by atoms with Crippen molar-refractivity contribution in [2.24, 2.45) is 7.05 Å². The number of para-hydroxylation sites is 1. The van der Waals surface area contributed by atoms with Crippen LogP contribution in [0.1, 0.15) is 48.5 Å². The van der Waals surface area contributed by atoms with Gasteiger partial charge in [-0.1, -0.05) is 61.5 Å². The van der Waals surface area contributed by atoms with Crippen molar-refractivity contribution in [1.29, 1.82) is 0 Å². The molecule has 4 heterocycles. The summed E-state index contributed by atoms with van der Waals surface area (Å²) >= 11 is 0. The molecular weight excluding hydrogens is 512 g/mol. The van der Waals surface area contributed by atoms with Gasteiger partial charge in [0, 0.05) is 47.7 Å². The summed E-state index contributed by atoms with van der Waals surface area (Å²) in [5, 5.41) is 19.1. The van der Waals surface area contributed by atoms with Gasteiger partial charge in [0.15, 0.2) is 12.4 Å². The van der Waals surface area contributed by atoms with Crippen LogP contribution in [0.4, 0.5) is 0 Å². The lowest BCUT2D eigenvalue weighted by Crippen LogP contribution is -2.22. The summed E-state index contributed by atoms with van der Waals surface area (Å²) in [7, 11) is 4.24. The first kappa shape index (κ1) is 26.3. The van der Waals surface area contributed by atoms with Gasteiger partial charge in [-0.2, -0.15) is 5.10 Å². The normalized spacial score (nSPS) is 19.0. The van der Waals surface area contributed by atoms with Gasteiger partial charge in [-0.3, -0.25) is 4.68 Å². The summed E-state index contributed by atoms with van der Waals surface area (Å²) in [6.07, 6.45) is 2.60. The summed E-state index contributed by atoms with van der Waals surface area (Å²) in [5.74, 6) is 0.924. The maximum Gasteiger partial charge on any atom is 0.188 e. The first-order valence-electron chi connectivity index (χ1n) is 14.9. The van der Waals surface area contributed by atoms with Crippen LogP contribution in [0.15, 0.2) is 60.7 Å². The van der Waals surface area contributed by atoms with Gasteiger partial charge in [-0.05, 0) is 56.3 Å². The minimum absolute atomic E-state index is 0.288. The predicted molar refractivity (Wildman–Crippen MR) is 162 cm³/mol. The van der Waals surface area contributed by atoms with E-state index in [9.17, 15) is 5.11 Å². The van der Waals surface area contributed by atoms with Crippen molar-refractivity contribution >= 4 is 21.7 Å². The highest BCUT2D eigenvalue weighted by Crippen LogP contribution is 2.46. The zero-order valence-electron chi connectivity index (χ0n) is 24.1. The largest absolute Gasteiger partial charge is 0.493 e. The van der Waals surface area contributed by atoms with Crippen molar-refractivity contribution in [1.82, 2.24) is 19.2 Å². The molecule has 0 bridgehead atoms. The van der Waals surface area contributed by atoms with Gasteiger partial charge >= 0.3 is 0 Å². The third-order valence-corrected chi connectivity index (χ3v) is 8.73. The van der Waals surface area contributed by atoms with E-state index in [1.165, 1.54) is 38.7 Å². The van der Waals surface area contributed by atoms with Crippen LogP contribution in [0.5, 0.6) is 5.75 Å². The van der Waals surface area contributed by atoms with Crippen LogP contribution < -0.4 is 4.74 Å². The average Bonchev–Trinajstić information content (AvgIpc) is 3.49. The Morgan fingerprint density at radius 3 is 2.61 bits per heavy atom. The molecule has 2 aliphatic rings. The first-order chi connectivity index (χ1) is 20.0. The molecule has 1 saturated heterocycles. The molecule has 2 aromatic heterocycles. The highest BCUT2D eigenvalue weighted by molar-refractivity contribution is 5.99. The fourth-order valence-electron chi connectivity index (χ4n) is 6.86. The summed E-state index contributed by atoms with van der Waals surface area (Å²) in [6.45, 7) is 5.51. The number of aromatic nitrogens is 3. The number of aliphatic hydroxyl groups is 1. The summed E-state index contributed by atoms with van der Waals surface area (Å²) in [6, 6.07) is 21.2. The van der Waals surface area contributed by atoms with Crippen molar-refractivity contribution < 1.29 is 14.6 Å². The smallest absolute Gasteiger partial charge is 0.188 e. The molecule has 0 radical (unpaired) electrons. The van der Waals surface area contributed by atoms with Gasteiger partial charge in [0.1, 0.15) is 5.75 Å². The van der Waals surface area contributed by atoms with Gasteiger partial charge in [0.25, 0.3) is 0 Å². The Bertz CT molecular complexity index is 1730. The minimum Gasteiger partial charge on any atom is -0.493 e. The van der Waals surface area contributed by atoms with Gasteiger partial charge in [-0.15, -0.1) is 0 Å². The van der Waals surface area contributed by atoms with Crippen LogP contribution in [-0.4, -0.2) is 50.8 Å². The highest BCUT2D eigenvalue weighted by Gasteiger charge is 2.43. The minimum atomic E-state index is -0.747. The van der Waals surface area contributed by atoms with Crippen molar-refractivity contribution in [3.8, 4) is 16.9 Å². The van der Waals surface area contributed by atoms with Crippen molar-refractivity contribution in [3.05, 3.63) is 83.3 Å². The zero-order chi connectivity index (χ0) is 28.1. The van der Waals surface area contributed by atoms with E-state index < -0.39 is 6.29 Å². The van der Waals surface area contributed by atoms with E-state index in [1.807, 2.05) is 0 Å². The molecule has 0 amide bonds. The number of rotatable bonds is 7. The standard InChI is InChI=1S/C34H38N4O3/c1-4-28-30-26-15-8-14-24-25(16-9-20-40-29-17-7-12-22-11-5-6-13-23(22)29)32(33-34(39)41-33)38(31(24)26)19-10-18-36(2)21-27(30)35-37(28)3/h5-8,11-15,17,33-34,39H,4,9-10,16,18-21H2,1-3H3. The van der Waals surface area contributed by atoms with Gasteiger partial charge < -0.3 is 24.0 Å². The monoisotopic (exact) mass is 550 g/mol. The lowest BCUT2D eigenvalue weighted by atomic mass is 9.96. The second-order valence-corrected chi connectivity index (χ2v) is 11.4. The number of aryl methyl sites for hydroxylation is 3. The van der Waals surface area contributed by atoms with Crippen LogP contribution in [-0.2, 0) is 37.7 Å². The molecule has 1 N–H and O–H groups in total. The third kappa shape index (κ3) is 4.62. The topological polar surface area (TPSA) is 68.0 Å². The molecular formula is C34H38N4O3. The van der Waals surface area contributed by atoms with Crippen LogP contribution >= 0.6 is 0 Å².